The molecule has 0 spiro atoms. The lowest BCUT2D eigenvalue weighted by atomic mass is 9.80. The summed E-state index contributed by atoms with van der Waals surface area (Å²) in [4.78, 5) is 21.4. The summed E-state index contributed by atoms with van der Waals surface area (Å²) in [6, 6.07) is 6.16. The molecule has 1 aliphatic rings. The highest BCUT2D eigenvalue weighted by Crippen LogP contribution is 2.47. The number of hydrogen-bond acceptors (Lipinski definition) is 5. The number of Topliss-reactive ketones (excluding diaryl/α,β-unsaturated/α-hetero) is 1. The zero-order valence-corrected chi connectivity index (χ0v) is 21.4. The number of hydrogen-bond donors (Lipinski definition) is 3. The number of aromatic amines is 1. The molecule has 1 N–H and O–H groups in total. The molecule has 4 rings (SSSR count). The first-order chi connectivity index (χ1) is 15.0. The number of rotatable bonds is 6. The zero-order chi connectivity index (χ0) is 23.4. The number of aromatic nitrogens is 3. The largest absolute Gasteiger partial charge is 0.496 e. The molecule has 0 bridgehead atoms. The van der Waals surface area contributed by atoms with Gasteiger partial charge in [-0.25, -0.2) is 9.55 Å². The third kappa shape index (κ3) is 3.63. The summed E-state index contributed by atoms with van der Waals surface area (Å²) in [5, 5.41) is 0. The van der Waals surface area contributed by atoms with E-state index in [1.54, 1.807) is 7.11 Å². The van der Waals surface area contributed by atoms with Gasteiger partial charge < -0.3 is 4.74 Å². The maximum atomic E-state index is 13.0. The van der Waals surface area contributed by atoms with Crippen LogP contribution in [-0.4, -0.2) is 27.4 Å². The van der Waals surface area contributed by atoms with E-state index in [9.17, 15) is 4.79 Å². The van der Waals surface area contributed by atoms with Gasteiger partial charge in [-0.15, -0.1) is 0 Å². The van der Waals surface area contributed by atoms with E-state index in [0.29, 0.717) is 0 Å². The van der Waals surface area contributed by atoms with E-state index < -0.39 is 10.8 Å². The smallest absolute Gasteiger partial charge is 0.402 e. The van der Waals surface area contributed by atoms with Gasteiger partial charge in [-0.3, -0.25) is 4.79 Å². The molecule has 1 aromatic carbocycles. The van der Waals surface area contributed by atoms with E-state index in [4.69, 9.17) is 9.72 Å². The Morgan fingerprint density at radius 1 is 1.16 bits per heavy atom. The molecular weight excluding hydrogens is 438 g/mol. The maximum absolute atomic E-state index is 13.0. The van der Waals surface area contributed by atoms with Crippen molar-refractivity contribution in [1.29, 1.82) is 0 Å². The Bertz CT molecular complexity index is 1160. The molecule has 32 heavy (non-hydrogen) atoms. The summed E-state index contributed by atoms with van der Waals surface area (Å²) in [5.41, 5.74) is 5.18. The second-order valence-electron chi connectivity index (χ2n) is 9.75. The number of fused-ring (bicyclic) bond motifs is 2. The number of ether oxygens (including phenoxy) is 1. The lowest BCUT2D eigenvalue weighted by molar-refractivity contribution is -0.612. The summed E-state index contributed by atoms with van der Waals surface area (Å²) in [5.74, 6) is 1.88. The number of ketones is 1. The average Bonchev–Trinajstić information content (AvgIpc) is 3.20. The fraction of sp³-hybridized carbons (Fsp3) is 0.480. The van der Waals surface area contributed by atoms with Crippen LogP contribution in [0.5, 0.6) is 5.75 Å². The Balaban J connectivity index is 1.83. The lowest BCUT2D eigenvalue weighted by Gasteiger charge is -2.21. The van der Waals surface area contributed by atoms with E-state index >= 15 is 0 Å². The number of imidazole rings is 1. The topological polar surface area (TPSA) is 58.9 Å². The minimum atomic E-state index is -0.516. The number of carbonyl (C=O) groups excluding carboxylic acids is 1. The molecule has 0 saturated carbocycles. The van der Waals surface area contributed by atoms with Gasteiger partial charge in [0.2, 0.25) is 0 Å². The van der Waals surface area contributed by atoms with Crippen LogP contribution < -0.4 is 9.30 Å². The first-order valence-electron chi connectivity index (χ1n) is 11.0. The fourth-order valence-corrected chi connectivity index (χ4v) is 5.44. The number of thiol groups is 2. The highest BCUT2D eigenvalue weighted by atomic mass is 32.2. The van der Waals surface area contributed by atoms with Crippen LogP contribution in [0.25, 0.3) is 17.0 Å². The van der Waals surface area contributed by atoms with Gasteiger partial charge in [0.15, 0.2) is 11.3 Å². The average molecular weight is 471 g/mol. The van der Waals surface area contributed by atoms with Crippen LogP contribution in [0.3, 0.4) is 0 Å². The highest BCUT2D eigenvalue weighted by molar-refractivity contribution is 7.99. The molecule has 3 aromatic rings. The molecule has 0 aliphatic heterocycles. The monoisotopic (exact) mass is 470 g/mol. The van der Waals surface area contributed by atoms with Crippen LogP contribution in [0.2, 0.25) is 0 Å². The molecule has 0 atom stereocenters. The van der Waals surface area contributed by atoms with Crippen LogP contribution in [0.4, 0.5) is 0 Å². The second kappa shape index (κ2) is 8.10. The SMILES string of the molecule is COc1cc[n+](-c2nc3cc4c(cc3[nH]2)C(C)(C)C(=O)C4(C)C)c(CCCC(S)S)c1C. The van der Waals surface area contributed by atoms with Gasteiger partial charge in [-0.05, 0) is 70.7 Å². The standard InChI is InChI=1S/C25H31N3O2S2/c1-14-19(8-7-9-21(31)32)28(11-10-20(14)30-6)23-26-17-12-15-16(13-18(17)27-23)25(4,5)22(29)24(15,2)3/h10-13,21H,7-9H2,1-6H3,(H2-,26,27,31,32)/p+1. The number of pyridine rings is 1. The van der Waals surface area contributed by atoms with E-state index in [-0.39, 0.29) is 10.4 Å². The molecule has 7 heteroatoms. The molecule has 1 aliphatic carbocycles. The number of methoxy groups -OCH3 is 1. The van der Waals surface area contributed by atoms with Crippen LogP contribution in [0.15, 0.2) is 24.4 Å². The molecule has 0 amide bonds. The first-order valence-corrected chi connectivity index (χ1v) is 12.1. The minimum Gasteiger partial charge on any atom is -0.496 e. The number of carbonyl (C=O) groups is 1. The Kier molecular flexibility index (Phi) is 5.87. The minimum absolute atomic E-state index is 0.0670. The van der Waals surface area contributed by atoms with Crippen molar-refractivity contribution < 1.29 is 14.1 Å². The van der Waals surface area contributed by atoms with Crippen LogP contribution in [0, 0.1) is 6.92 Å². The molecular formula is C25H32N3O2S2+. The normalized spacial score (nSPS) is 16.7. The van der Waals surface area contributed by atoms with E-state index in [1.807, 2.05) is 40.0 Å². The second-order valence-corrected chi connectivity index (χ2v) is 11.4. The Morgan fingerprint density at radius 2 is 1.81 bits per heavy atom. The van der Waals surface area contributed by atoms with Crippen molar-refractivity contribution in [1.82, 2.24) is 9.97 Å². The number of benzene rings is 1. The fourth-order valence-electron chi connectivity index (χ4n) is 5.08. The zero-order valence-electron chi connectivity index (χ0n) is 19.6. The number of H-pyrrole nitrogens is 1. The Hall–Kier alpha value is -1.99. The maximum Gasteiger partial charge on any atom is 0.402 e. The van der Waals surface area contributed by atoms with Crippen molar-refractivity contribution in [2.24, 2.45) is 0 Å². The molecule has 2 aromatic heterocycles. The van der Waals surface area contributed by atoms with E-state index in [0.717, 1.165) is 64.4 Å². The Morgan fingerprint density at radius 3 is 2.44 bits per heavy atom. The van der Waals surface area contributed by atoms with Crippen molar-refractivity contribution >= 4 is 42.1 Å². The number of nitrogens with one attached hydrogen (secondary N) is 1. The van der Waals surface area contributed by atoms with Crippen molar-refractivity contribution in [2.45, 2.75) is 69.3 Å². The van der Waals surface area contributed by atoms with E-state index in [1.165, 1.54) is 0 Å². The van der Waals surface area contributed by atoms with Gasteiger partial charge in [-0.2, -0.15) is 25.3 Å². The van der Waals surface area contributed by atoms with Gasteiger partial charge in [0.25, 0.3) is 0 Å². The molecule has 5 nitrogen and oxygen atoms in total. The predicted molar refractivity (Wildman–Crippen MR) is 135 cm³/mol. The van der Waals surface area contributed by atoms with Gasteiger partial charge in [-0.1, -0.05) is 4.98 Å². The summed E-state index contributed by atoms with van der Waals surface area (Å²) in [6.07, 6.45) is 4.74. The van der Waals surface area contributed by atoms with Crippen LogP contribution in [-0.2, 0) is 22.0 Å². The summed E-state index contributed by atoms with van der Waals surface area (Å²) in [7, 11) is 1.70. The quantitative estimate of drug-likeness (QED) is 0.275. The lowest BCUT2D eigenvalue weighted by Crippen LogP contribution is -2.38. The molecule has 0 unspecified atom stereocenters. The first kappa shape index (κ1) is 23.2. The molecule has 0 radical (unpaired) electrons. The summed E-state index contributed by atoms with van der Waals surface area (Å²) in [6.45, 7) is 10.1. The number of nitrogens with zero attached hydrogens (tertiary/aromatic N) is 2. The van der Waals surface area contributed by atoms with Gasteiger partial charge >= 0.3 is 5.95 Å². The van der Waals surface area contributed by atoms with Gasteiger partial charge in [0, 0.05) is 33.5 Å². The van der Waals surface area contributed by atoms with Crippen LogP contribution in [0.1, 0.15) is 62.9 Å². The molecule has 0 saturated heterocycles. The summed E-state index contributed by atoms with van der Waals surface area (Å²) >= 11 is 8.79. The third-order valence-electron chi connectivity index (χ3n) is 6.88. The van der Waals surface area contributed by atoms with Crippen molar-refractivity contribution in [3.8, 4) is 11.7 Å². The summed E-state index contributed by atoms with van der Waals surface area (Å²) < 4.78 is 7.74. The van der Waals surface area contributed by atoms with E-state index in [2.05, 4.69) is 53.9 Å². The van der Waals surface area contributed by atoms with Gasteiger partial charge in [0.1, 0.15) is 11.3 Å². The predicted octanol–water partition coefficient (Wildman–Crippen LogP) is 4.80. The van der Waals surface area contributed by atoms with Crippen molar-refractivity contribution in [3.05, 3.63) is 46.8 Å². The Labute approximate surface area is 200 Å². The molecule has 170 valence electrons. The third-order valence-corrected chi connectivity index (χ3v) is 7.40. The highest BCUT2D eigenvalue weighted by Gasteiger charge is 2.50. The molecule has 0 fully saturated rings. The van der Waals surface area contributed by atoms with Crippen LogP contribution >= 0.6 is 25.3 Å². The van der Waals surface area contributed by atoms with Gasteiger partial charge in [0.05, 0.1) is 19.0 Å². The molecule has 2 heterocycles. The van der Waals surface area contributed by atoms with Crippen molar-refractivity contribution in [3.63, 3.8) is 0 Å². The van der Waals surface area contributed by atoms with Crippen molar-refractivity contribution in [2.75, 3.05) is 7.11 Å².